The molecule has 0 saturated carbocycles. The molecule has 0 radical (unpaired) electrons. The van der Waals surface area contributed by atoms with Crippen LogP contribution in [0.2, 0.25) is 0 Å². The fourth-order valence-corrected chi connectivity index (χ4v) is 2.71. The monoisotopic (exact) mass is 439 g/mol. The molecule has 23 heavy (non-hydrogen) atoms. The highest BCUT2D eigenvalue weighted by Crippen LogP contribution is 2.21. The first-order valence-corrected chi connectivity index (χ1v) is 8.48. The second-order valence-corrected chi connectivity index (χ2v) is 7.18. The van der Waals surface area contributed by atoms with E-state index in [4.69, 9.17) is 9.73 Å². The number of aliphatic imine (C=N–C) groups is 1. The van der Waals surface area contributed by atoms with Gasteiger partial charge in [-0.3, -0.25) is 9.79 Å². The van der Waals surface area contributed by atoms with Gasteiger partial charge in [-0.1, -0.05) is 20.8 Å². The third kappa shape index (κ3) is 8.77. The molecular weight excluding hydrogens is 405 g/mol. The molecule has 1 heterocycles. The molecule has 136 valence electrons. The molecule has 0 aliphatic carbocycles. The molecule has 0 amide bonds. The summed E-state index contributed by atoms with van der Waals surface area (Å²) in [5.74, 6) is 0.955. The van der Waals surface area contributed by atoms with Gasteiger partial charge in [-0.25, -0.2) is 0 Å². The number of piperidine rings is 1. The van der Waals surface area contributed by atoms with Gasteiger partial charge in [0.15, 0.2) is 5.96 Å². The third-order valence-electron chi connectivity index (χ3n) is 4.01. The molecule has 1 aliphatic heterocycles. The Balaban J connectivity index is 0.00000484. The van der Waals surface area contributed by atoms with Crippen molar-refractivity contribution in [3.63, 3.8) is 0 Å². The minimum Gasteiger partial charge on any atom is -0.469 e. The van der Waals surface area contributed by atoms with Crippen LogP contribution in [0, 0.1) is 11.3 Å². The maximum atomic E-state index is 11.6. The molecule has 1 N–H and O–H groups in total. The summed E-state index contributed by atoms with van der Waals surface area (Å²) in [6, 6.07) is 0. The van der Waals surface area contributed by atoms with Crippen LogP contribution >= 0.6 is 24.0 Å². The summed E-state index contributed by atoms with van der Waals surface area (Å²) in [5, 5.41) is 3.37. The Morgan fingerprint density at radius 2 is 1.91 bits per heavy atom. The van der Waals surface area contributed by atoms with Gasteiger partial charge >= 0.3 is 5.97 Å². The number of nitrogens with one attached hydrogen (secondary N) is 1. The van der Waals surface area contributed by atoms with Crippen molar-refractivity contribution < 1.29 is 9.53 Å². The number of hydrogen-bond donors (Lipinski definition) is 1. The Morgan fingerprint density at radius 1 is 1.30 bits per heavy atom. The summed E-state index contributed by atoms with van der Waals surface area (Å²) in [6.45, 7) is 12.3. The van der Waals surface area contributed by atoms with Crippen molar-refractivity contribution in [1.29, 1.82) is 0 Å². The molecule has 0 unspecified atom stereocenters. The Bertz CT molecular complexity index is 373. The number of carbonyl (C=O) groups excluding carboxylic acids is 1. The van der Waals surface area contributed by atoms with Gasteiger partial charge in [0.1, 0.15) is 0 Å². The predicted molar refractivity (Wildman–Crippen MR) is 106 cm³/mol. The van der Waals surface area contributed by atoms with Gasteiger partial charge in [0.05, 0.1) is 13.0 Å². The summed E-state index contributed by atoms with van der Waals surface area (Å²) in [6.07, 6.45) is 3.98. The number of hydrogen-bond acceptors (Lipinski definition) is 3. The van der Waals surface area contributed by atoms with Gasteiger partial charge in [0.2, 0.25) is 0 Å². The van der Waals surface area contributed by atoms with Crippen molar-refractivity contribution >= 4 is 35.9 Å². The zero-order chi connectivity index (χ0) is 16.6. The molecule has 6 heteroatoms. The summed E-state index contributed by atoms with van der Waals surface area (Å²) in [4.78, 5) is 18.6. The number of nitrogens with zero attached hydrogens (tertiary/aromatic N) is 2. The Hall–Kier alpha value is -0.530. The van der Waals surface area contributed by atoms with Crippen molar-refractivity contribution in [3.8, 4) is 0 Å². The quantitative estimate of drug-likeness (QED) is 0.235. The summed E-state index contributed by atoms with van der Waals surface area (Å²) in [7, 11) is 1.47. The third-order valence-corrected chi connectivity index (χ3v) is 4.01. The van der Waals surface area contributed by atoms with Gasteiger partial charge in [-0.2, -0.15) is 0 Å². The van der Waals surface area contributed by atoms with E-state index in [1.165, 1.54) is 13.5 Å². The molecule has 0 spiro atoms. The SMILES string of the molecule is CCNC(=NCCCC(C)(C)C)N1CCC(C(=O)OC)CC1.I. The van der Waals surface area contributed by atoms with Crippen LogP contribution in [0.25, 0.3) is 0 Å². The molecule has 1 rings (SSSR count). The van der Waals surface area contributed by atoms with Gasteiger partial charge < -0.3 is 15.0 Å². The molecule has 1 fully saturated rings. The van der Waals surface area contributed by atoms with E-state index in [0.29, 0.717) is 5.41 Å². The summed E-state index contributed by atoms with van der Waals surface area (Å²) in [5.41, 5.74) is 0.368. The molecule has 0 bridgehead atoms. The lowest BCUT2D eigenvalue weighted by Crippen LogP contribution is -2.46. The minimum absolute atomic E-state index is 0. The number of esters is 1. The number of methoxy groups -OCH3 is 1. The number of likely N-dealkylation sites (tertiary alicyclic amines) is 1. The van der Waals surface area contributed by atoms with Crippen molar-refractivity contribution in [2.75, 3.05) is 33.3 Å². The number of halogens is 1. The topological polar surface area (TPSA) is 53.9 Å². The van der Waals surface area contributed by atoms with Crippen LogP contribution < -0.4 is 5.32 Å². The van der Waals surface area contributed by atoms with E-state index >= 15 is 0 Å². The van der Waals surface area contributed by atoms with Crippen molar-refractivity contribution in [2.24, 2.45) is 16.3 Å². The number of guanidine groups is 1. The number of carbonyl (C=O) groups is 1. The van der Waals surface area contributed by atoms with Crippen LogP contribution in [0.3, 0.4) is 0 Å². The van der Waals surface area contributed by atoms with Gasteiger partial charge in [0.25, 0.3) is 0 Å². The molecule has 0 aromatic carbocycles. The first-order valence-electron chi connectivity index (χ1n) is 8.48. The molecular formula is C17H34IN3O2. The average Bonchev–Trinajstić information content (AvgIpc) is 2.49. The highest BCUT2D eigenvalue weighted by molar-refractivity contribution is 14.0. The lowest BCUT2D eigenvalue weighted by molar-refractivity contribution is -0.146. The van der Waals surface area contributed by atoms with Crippen LogP contribution in [0.4, 0.5) is 0 Å². The second kappa shape index (κ2) is 11.1. The molecule has 5 nitrogen and oxygen atoms in total. The lowest BCUT2D eigenvalue weighted by atomic mass is 9.91. The smallest absolute Gasteiger partial charge is 0.308 e. The molecule has 0 aromatic heterocycles. The fraction of sp³-hybridized carbons (Fsp3) is 0.882. The van der Waals surface area contributed by atoms with Crippen LogP contribution in [-0.4, -0.2) is 50.1 Å². The van der Waals surface area contributed by atoms with E-state index in [0.717, 1.165) is 51.4 Å². The normalized spacial score (nSPS) is 16.7. The summed E-state index contributed by atoms with van der Waals surface area (Å²) >= 11 is 0. The first-order chi connectivity index (χ1) is 10.4. The van der Waals surface area contributed by atoms with Crippen LogP contribution in [0.5, 0.6) is 0 Å². The van der Waals surface area contributed by atoms with E-state index < -0.39 is 0 Å². The van der Waals surface area contributed by atoms with Crippen molar-refractivity contribution in [2.45, 2.75) is 53.4 Å². The first kappa shape index (κ1) is 22.5. The lowest BCUT2D eigenvalue weighted by Gasteiger charge is -2.33. The van der Waals surface area contributed by atoms with Gasteiger partial charge in [0, 0.05) is 26.2 Å². The maximum Gasteiger partial charge on any atom is 0.308 e. The maximum absolute atomic E-state index is 11.6. The zero-order valence-corrected chi connectivity index (χ0v) is 17.7. The number of ether oxygens (including phenoxy) is 1. The van der Waals surface area contributed by atoms with Crippen molar-refractivity contribution in [3.05, 3.63) is 0 Å². The van der Waals surface area contributed by atoms with E-state index in [9.17, 15) is 4.79 Å². The van der Waals surface area contributed by atoms with Crippen LogP contribution in [0.15, 0.2) is 4.99 Å². The predicted octanol–water partition coefficient (Wildman–Crippen LogP) is 3.28. The largest absolute Gasteiger partial charge is 0.469 e. The van der Waals surface area contributed by atoms with E-state index in [2.05, 4.69) is 37.9 Å². The van der Waals surface area contributed by atoms with Crippen LogP contribution in [0.1, 0.15) is 53.4 Å². The number of rotatable bonds is 5. The van der Waals surface area contributed by atoms with Gasteiger partial charge in [-0.05, 0) is 38.0 Å². The van der Waals surface area contributed by atoms with E-state index in [-0.39, 0.29) is 35.9 Å². The average molecular weight is 439 g/mol. The standard InChI is InChI=1S/C17H33N3O2.HI/c1-6-18-16(19-11-7-10-17(2,3)4)20-12-8-14(9-13-20)15(21)22-5;/h14H,6-13H2,1-5H3,(H,18,19);1H. The molecule has 0 atom stereocenters. The Labute approximate surface area is 158 Å². The van der Waals surface area contributed by atoms with Crippen molar-refractivity contribution in [1.82, 2.24) is 10.2 Å². The van der Waals surface area contributed by atoms with E-state index in [1.807, 2.05) is 0 Å². The Kier molecular flexibility index (Phi) is 10.8. The summed E-state index contributed by atoms with van der Waals surface area (Å²) < 4.78 is 4.84. The highest BCUT2D eigenvalue weighted by Gasteiger charge is 2.26. The zero-order valence-electron chi connectivity index (χ0n) is 15.4. The molecule has 1 aliphatic rings. The second-order valence-electron chi connectivity index (χ2n) is 7.18. The van der Waals surface area contributed by atoms with E-state index in [1.54, 1.807) is 0 Å². The fourth-order valence-electron chi connectivity index (χ4n) is 2.71. The highest BCUT2D eigenvalue weighted by atomic mass is 127. The van der Waals surface area contributed by atoms with Crippen LogP contribution in [-0.2, 0) is 9.53 Å². The van der Waals surface area contributed by atoms with Gasteiger partial charge in [-0.15, -0.1) is 24.0 Å². The minimum atomic E-state index is -0.0771. The molecule has 1 saturated heterocycles. The molecule has 0 aromatic rings. The Morgan fingerprint density at radius 3 is 2.39 bits per heavy atom.